The molecular weight excluding hydrogens is 642 g/mol. The van der Waals surface area contributed by atoms with Crippen molar-refractivity contribution < 1.29 is 14.3 Å². The van der Waals surface area contributed by atoms with Crippen LogP contribution in [-0.4, -0.2) is 87.8 Å². The third-order valence-electron chi connectivity index (χ3n) is 9.84. The second-order valence-electron chi connectivity index (χ2n) is 13.1. The van der Waals surface area contributed by atoms with Gasteiger partial charge in [0.15, 0.2) is 11.3 Å². The van der Waals surface area contributed by atoms with Gasteiger partial charge in [-0.25, -0.2) is 9.78 Å². The number of hydrogen-bond donors (Lipinski definition) is 0. The fourth-order valence-corrected chi connectivity index (χ4v) is 7.00. The average Bonchev–Trinajstić information content (AvgIpc) is 3.60. The lowest BCUT2D eigenvalue weighted by molar-refractivity contribution is 0.0941. The number of ether oxygens (including phenoxy) is 2. The predicted molar refractivity (Wildman–Crippen MR) is 197 cm³/mol. The van der Waals surface area contributed by atoms with Crippen LogP contribution >= 0.6 is 0 Å². The van der Waals surface area contributed by atoms with Gasteiger partial charge in [0.05, 0.1) is 5.69 Å². The molecule has 0 unspecified atom stereocenters. The summed E-state index contributed by atoms with van der Waals surface area (Å²) >= 11 is 0. The SMILES string of the molecule is CN1CCC[C@H]1COc1nc(N2CCN(C(=O)OCc3ccccc3)CC2)c2nc(-c3ccccc3)n(-c3cccc4ccccc34)c(=O)c2n1. The summed E-state index contributed by atoms with van der Waals surface area (Å²) in [7, 11) is 2.09. The van der Waals surface area contributed by atoms with Crippen LogP contribution in [0.25, 0.3) is 38.9 Å². The Morgan fingerprint density at radius 3 is 2.27 bits per heavy atom. The first-order valence-electron chi connectivity index (χ1n) is 17.5. The Kier molecular flexibility index (Phi) is 9.02. The molecule has 11 nitrogen and oxygen atoms in total. The third kappa shape index (κ3) is 6.60. The highest BCUT2D eigenvalue weighted by atomic mass is 16.6. The Hall–Kier alpha value is -5.81. The largest absolute Gasteiger partial charge is 0.462 e. The van der Waals surface area contributed by atoms with Gasteiger partial charge in [-0.1, -0.05) is 97.1 Å². The number of carbonyl (C=O) groups excluding carboxylic acids is 1. The van der Waals surface area contributed by atoms with Crippen LogP contribution in [0.1, 0.15) is 18.4 Å². The highest BCUT2D eigenvalue weighted by molar-refractivity contribution is 5.93. The normalized spacial score (nSPS) is 16.5. The van der Waals surface area contributed by atoms with E-state index in [1.54, 1.807) is 9.47 Å². The van der Waals surface area contributed by atoms with Crippen molar-refractivity contribution in [3.63, 3.8) is 0 Å². The minimum Gasteiger partial charge on any atom is -0.462 e. The summed E-state index contributed by atoms with van der Waals surface area (Å²) in [5.41, 5.74) is 2.68. The van der Waals surface area contributed by atoms with Crippen LogP contribution in [0.2, 0.25) is 0 Å². The van der Waals surface area contributed by atoms with Crippen LogP contribution < -0.4 is 15.2 Å². The number of aromatic nitrogens is 4. The number of likely N-dealkylation sites (N-methyl/N-ethyl adjacent to an activating group) is 1. The van der Waals surface area contributed by atoms with Crippen molar-refractivity contribution >= 4 is 33.7 Å². The molecule has 2 aromatic heterocycles. The first-order valence-corrected chi connectivity index (χ1v) is 17.5. The highest BCUT2D eigenvalue weighted by Gasteiger charge is 2.29. The van der Waals surface area contributed by atoms with Crippen molar-refractivity contribution in [1.82, 2.24) is 29.3 Å². The molecule has 0 bridgehead atoms. The maximum absolute atomic E-state index is 14.9. The van der Waals surface area contributed by atoms with Crippen LogP contribution in [0.15, 0.2) is 108 Å². The van der Waals surface area contributed by atoms with Gasteiger partial charge >= 0.3 is 12.1 Å². The van der Waals surface area contributed by atoms with Crippen molar-refractivity contribution in [1.29, 1.82) is 0 Å². The molecule has 4 heterocycles. The number of benzene rings is 4. The number of nitrogens with zero attached hydrogens (tertiary/aromatic N) is 7. The zero-order valence-corrected chi connectivity index (χ0v) is 28.5. The number of anilines is 1. The van der Waals surface area contributed by atoms with E-state index in [1.165, 1.54) is 0 Å². The molecule has 0 N–H and O–H groups in total. The summed E-state index contributed by atoms with van der Waals surface area (Å²) in [4.78, 5) is 48.8. The quantitative estimate of drug-likeness (QED) is 0.193. The number of fused-ring (bicyclic) bond motifs is 2. The lowest BCUT2D eigenvalue weighted by atomic mass is 10.1. The van der Waals surface area contributed by atoms with Crippen molar-refractivity contribution in [3.05, 3.63) is 119 Å². The van der Waals surface area contributed by atoms with E-state index in [0.29, 0.717) is 55.6 Å². The number of rotatable bonds is 8. The maximum atomic E-state index is 14.9. The van der Waals surface area contributed by atoms with Gasteiger partial charge in [0.25, 0.3) is 5.56 Å². The fourth-order valence-electron chi connectivity index (χ4n) is 7.00. The van der Waals surface area contributed by atoms with Gasteiger partial charge in [-0.15, -0.1) is 0 Å². The van der Waals surface area contributed by atoms with Crippen LogP contribution in [0.4, 0.5) is 10.6 Å². The topological polar surface area (TPSA) is 106 Å². The zero-order chi connectivity index (χ0) is 34.7. The Balaban J connectivity index is 1.20. The van der Waals surface area contributed by atoms with Crippen molar-refractivity contribution in [3.8, 4) is 23.1 Å². The van der Waals surface area contributed by atoms with E-state index in [9.17, 15) is 9.59 Å². The molecule has 1 atom stereocenters. The van der Waals surface area contributed by atoms with Crippen LogP contribution in [0.3, 0.4) is 0 Å². The maximum Gasteiger partial charge on any atom is 0.410 e. The minimum atomic E-state index is -0.363. The first-order chi connectivity index (χ1) is 25.0. The van der Waals surface area contributed by atoms with E-state index < -0.39 is 0 Å². The molecule has 2 fully saturated rings. The zero-order valence-electron chi connectivity index (χ0n) is 28.5. The lowest BCUT2D eigenvalue weighted by Gasteiger charge is -2.35. The van der Waals surface area contributed by atoms with E-state index in [0.717, 1.165) is 41.3 Å². The van der Waals surface area contributed by atoms with Crippen molar-refractivity contribution in [2.45, 2.75) is 25.5 Å². The molecule has 258 valence electrons. The molecule has 4 aromatic carbocycles. The van der Waals surface area contributed by atoms with Gasteiger partial charge in [0.2, 0.25) is 0 Å². The molecule has 51 heavy (non-hydrogen) atoms. The Morgan fingerprint density at radius 1 is 0.784 bits per heavy atom. The fraction of sp³-hybridized carbons (Fsp3) is 0.275. The van der Waals surface area contributed by atoms with E-state index in [1.807, 2.05) is 103 Å². The van der Waals surface area contributed by atoms with E-state index >= 15 is 0 Å². The molecule has 0 radical (unpaired) electrons. The van der Waals surface area contributed by atoms with Gasteiger partial charge in [-0.05, 0) is 43.5 Å². The van der Waals surface area contributed by atoms with Crippen molar-refractivity contribution in [2.75, 3.05) is 51.3 Å². The predicted octanol–water partition coefficient (Wildman–Crippen LogP) is 5.93. The summed E-state index contributed by atoms with van der Waals surface area (Å²) in [6, 6.07) is 33.6. The molecule has 0 aliphatic carbocycles. The molecule has 2 aliphatic rings. The monoisotopic (exact) mass is 681 g/mol. The molecule has 11 heteroatoms. The van der Waals surface area contributed by atoms with E-state index in [4.69, 9.17) is 24.4 Å². The van der Waals surface area contributed by atoms with Gasteiger partial charge < -0.3 is 24.2 Å². The second kappa shape index (κ2) is 14.2. The molecule has 0 spiro atoms. The summed E-state index contributed by atoms with van der Waals surface area (Å²) in [5.74, 6) is 0.991. The molecule has 6 aromatic rings. The van der Waals surface area contributed by atoms with Gasteiger partial charge in [0, 0.05) is 43.2 Å². The number of hydrogen-bond acceptors (Lipinski definition) is 9. The second-order valence-corrected chi connectivity index (χ2v) is 13.1. The van der Waals surface area contributed by atoms with Crippen LogP contribution in [-0.2, 0) is 11.3 Å². The molecule has 0 saturated carbocycles. The Morgan fingerprint density at radius 2 is 1.51 bits per heavy atom. The van der Waals surface area contributed by atoms with Crippen LogP contribution in [0.5, 0.6) is 6.01 Å². The van der Waals surface area contributed by atoms with Crippen molar-refractivity contribution in [2.24, 2.45) is 0 Å². The summed E-state index contributed by atoms with van der Waals surface area (Å²) < 4.78 is 13.5. The first kappa shape index (κ1) is 32.4. The minimum absolute atomic E-state index is 0.137. The number of likely N-dealkylation sites (tertiary alicyclic amines) is 1. The standard InChI is InChI=1S/C40H39N7O4/c1-44-21-11-18-31(44)27-50-39-42-35-34(37(43-39)45-22-24-46(25-23-45)40(49)51-26-28-12-4-2-5-13-28)41-36(30-15-6-3-7-16-30)47(38(35)48)33-20-10-17-29-14-8-9-19-32(29)33/h2-10,12-17,19-20,31H,11,18,21-27H2,1H3/t31-/m0/s1. The van der Waals surface area contributed by atoms with E-state index in [2.05, 4.69) is 16.8 Å². The molecule has 2 aliphatic heterocycles. The molecule has 1 amide bonds. The summed E-state index contributed by atoms with van der Waals surface area (Å²) in [5, 5.41) is 1.93. The van der Waals surface area contributed by atoms with Gasteiger partial charge in [-0.2, -0.15) is 9.97 Å². The van der Waals surface area contributed by atoms with Gasteiger partial charge in [0.1, 0.15) is 24.6 Å². The Bertz CT molecular complexity index is 2230. The van der Waals surface area contributed by atoms with Gasteiger partial charge in [-0.3, -0.25) is 9.36 Å². The lowest BCUT2D eigenvalue weighted by Crippen LogP contribution is -2.49. The highest BCUT2D eigenvalue weighted by Crippen LogP contribution is 2.31. The Labute approximate surface area is 295 Å². The molecule has 2 saturated heterocycles. The average molecular weight is 682 g/mol. The number of amides is 1. The molecule has 8 rings (SSSR count). The molecular formula is C40H39N7O4. The smallest absolute Gasteiger partial charge is 0.410 e. The summed E-state index contributed by atoms with van der Waals surface area (Å²) in [6.45, 7) is 3.40. The summed E-state index contributed by atoms with van der Waals surface area (Å²) in [6.07, 6.45) is 1.77. The number of carbonyl (C=O) groups is 1. The van der Waals surface area contributed by atoms with Crippen LogP contribution in [0, 0.1) is 0 Å². The van der Waals surface area contributed by atoms with E-state index in [-0.39, 0.29) is 35.8 Å². The third-order valence-corrected chi connectivity index (χ3v) is 9.84. The number of piperazine rings is 1.